The fourth-order valence-corrected chi connectivity index (χ4v) is 4.33. The number of hydrogen-bond donors (Lipinski definition) is 0. The summed E-state index contributed by atoms with van der Waals surface area (Å²) in [4.78, 5) is 30.3. The topological polar surface area (TPSA) is 60.7 Å². The van der Waals surface area contributed by atoms with Crippen LogP contribution in [0.3, 0.4) is 0 Å². The van der Waals surface area contributed by atoms with E-state index in [0.29, 0.717) is 16.9 Å². The number of carbonyl (C=O) groups is 2. The van der Waals surface area contributed by atoms with Crippen LogP contribution in [-0.4, -0.2) is 29.8 Å². The summed E-state index contributed by atoms with van der Waals surface area (Å²) < 4.78 is 7.66. The van der Waals surface area contributed by atoms with Gasteiger partial charge in [-0.25, -0.2) is 4.79 Å². The number of ether oxygens (including phenoxy) is 1. The van der Waals surface area contributed by atoms with E-state index in [1.807, 2.05) is 48.1 Å². The van der Waals surface area contributed by atoms with Crippen molar-refractivity contribution >= 4 is 45.2 Å². The van der Waals surface area contributed by atoms with Crippen LogP contribution in [0.5, 0.6) is 0 Å². The number of benzene rings is 2. The Morgan fingerprint density at radius 1 is 1.19 bits per heavy atom. The lowest BCUT2D eigenvalue weighted by molar-refractivity contribution is -0.117. The number of rotatable bonds is 5. The monoisotopic (exact) mass is 400 g/mol. The van der Waals surface area contributed by atoms with Gasteiger partial charge in [-0.15, -0.1) is 11.8 Å². The first kappa shape index (κ1) is 19.4. The normalized spacial score (nSPS) is 11.7. The predicted octanol–water partition coefficient (Wildman–Crippen LogP) is 3.90. The van der Waals surface area contributed by atoms with E-state index in [1.54, 1.807) is 23.9 Å². The minimum atomic E-state index is -0.378. The molecule has 0 bridgehead atoms. The van der Waals surface area contributed by atoms with Crippen molar-refractivity contribution in [2.45, 2.75) is 24.8 Å². The number of thioether (sulfide) groups is 1. The van der Waals surface area contributed by atoms with Crippen LogP contribution in [0.25, 0.3) is 10.2 Å². The Kier molecular flexibility index (Phi) is 6.13. The highest BCUT2D eigenvalue weighted by atomic mass is 32.2. The van der Waals surface area contributed by atoms with E-state index in [2.05, 4.69) is 4.99 Å². The van der Waals surface area contributed by atoms with E-state index in [-0.39, 0.29) is 18.3 Å². The van der Waals surface area contributed by atoms with Crippen molar-refractivity contribution < 1.29 is 14.3 Å². The Morgan fingerprint density at radius 3 is 2.56 bits per heavy atom. The second kappa shape index (κ2) is 8.54. The fourth-order valence-electron chi connectivity index (χ4n) is 2.77. The smallest absolute Gasteiger partial charge is 0.337 e. The van der Waals surface area contributed by atoms with E-state index in [4.69, 9.17) is 4.74 Å². The van der Waals surface area contributed by atoms with Gasteiger partial charge in [0.15, 0.2) is 4.80 Å². The van der Waals surface area contributed by atoms with Crippen LogP contribution in [0.2, 0.25) is 0 Å². The summed E-state index contributed by atoms with van der Waals surface area (Å²) in [6.07, 6.45) is 2.28. The van der Waals surface area contributed by atoms with Crippen LogP contribution in [0.4, 0.5) is 0 Å². The van der Waals surface area contributed by atoms with Gasteiger partial charge >= 0.3 is 5.97 Å². The quantitative estimate of drug-likeness (QED) is 0.481. The van der Waals surface area contributed by atoms with Gasteiger partial charge in [0.05, 0.1) is 29.3 Å². The molecule has 0 aliphatic heterocycles. The average molecular weight is 401 g/mol. The molecule has 1 heterocycles. The van der Waals surface area contributed by atoms with E-state index >= 15 is 0 Å². The molecule has 3 rings (SSSR count). The molecular weight excluding hydrogens is 380 g/mol. The lowest BCUT2D eigenvalue weighted by Crippen LogP contribution is -2.16. The second-order valence-electron chi connectivity index (χ2n) is 5.83. The predicted molar refractivity (Wildman–Crippen MR) is 109 cm³/mol. The van der Waals surface area contributed by atoms with Gasteiger partial charge in [0.1, 0.15) is 0 Å². The van der Waals surface area contributed by atoms with E-state index in [0.717, 1.165) is 20.7 Å². The number of esters is 1. The van der Waals surface area contributed by atoms with Crippen LogP contribution in [0.1, 0.15) is 22.8 Å². The van der Waals surface area contributed by atoms with Crippen LogP contribution >= 0.6 is 23.1 Å². The number of aromatic nitrogens is 1. The van der Waals surface area contributed by atoms with E-state index < -0.39 is 0 Å². The summed E-state index contributed by atoms with van der Waals surface area (Å²) in [5, 5.41) is 0. The molecule has 0 N–H and O–H groups in total. The Labute approximate surface area is 165 Å². The number of carbonyl (C=O) groups excluding carboxylic acids is 2. The SMILES string of the molecule is CCn1c(=NC(=O)Cc2ccc(SC)cc2)sc2cc(C(=O)OC)ccc21. The highest BCUT2D eigenvalue weighted by Gasteiger charge is 2.11. The first-order valence-corrected chi connectivity index (χ1v) is 10.5. The van der Waals surface area contributed by atoms with E-state index in [1.165, 1.54) is 18.4 Å². The number of thiazole rings is 1. The average Bonchev–Trinajstić information content (AvgIpc) is 3.03. The number of fused-ring (bicyclic) bond motifs is 1. The number of amides is 1. The van der Waals surface area contributed by atoms with Crippen molar-refractivity contribution in [1.82, 2.24) is 4.57 Å². The molecular formula is C20H20N2O3S2. The molecule has 0 fully saturated rings. The van der Waals surface area contributed by atoms with Crippen LogP contribution < -0.4 is 4.80 Å². The molecule has 27 heavy (non-hydrogen) atoms. The van der Waals surface area contributed by atoms with Gasteiger partial charge in [0, 0.05) is 11.4 Å². The molecule has 2 aromatic carbocycles. The summed E-state index contributed by atoms with van der Waals surface area (Å²) in [5.74, 6) is -0.564. The highest BCUT2D eigenvalue weighted by Crippen LogP contribution is 2.20. The molecule has 0 radical (unpaired) electrons. The molecule has 7 heteroatoms. The molecule has 0 spiro atoms. The molecule has 140 valence electrons. The van der Waals surface area contributed by atoms with Gasteiger partial charge in [-0.3, -0.25) is 4.79 Å². The van der Waals surface area contributed by atoms with Crippen molar-refractivity contribution in [3.8, 4) is 0 Å². The van der Waals surface area contributed by atoms with Gasteiger partial charge in [0.2, 0.25) is 0 Å². The third kappa shape index (κ3) is 4.31. The second-order valence-corrected chi connectivity index (χ2v) is 7.72. The first-order chi connectivity index (χ1) is 13.0. The first-order valence-electron chi connectivity index (χ1n) is 8.48. The van der Waals surface area contributed by atoms with Crippen molar-refractivity contribution in [3.63, 3.8) is 0 Å². The molecule has 1 aromatic heterocycles. The van der Waals surface area contributed by atoms with E-state index in [9.17, 15) is 9.59 Å². The molecule has 0 atom stereocenters. The molecule has 0 aliphatic rings. The maximum absolute atomic E-state index is 12.5. The zero-order chi connectivity index (χ0) is 19.4. The Bertz CT molecular complexity index is 1050. The maximum atomic E-state index is 12.5. The molecule has 0 unspecified atom stereocenters. The van der Waals surface area contributed by atoms with Gasteiger partial charge in [-0.2, -0.15) is 4.99 Å². The van der Waals surface area contributed by atoms with Gasteiger partial charge in [-0.1, -0.05) is 23.5 Å². The zero-order valence-corrected chi connectivity index (χ0v) is 17.0. The van der Waals surface area contributed by atoms with Gasteiger partial charge < -0.3 is 9.30 Å². The molecule has 0 saturated carbocycles. The number of hydrogen-bond acceptors (Lipinski definition) is 5. The Hall–Kier alpha value is -2.38. The van der Waals surface area contributed by atoms with Gasteiger partial charge in [0.25, 0.3) is 5.91 Å². The highest BCUT2D eigenvalue weighted by molar-refractivity contribution is 7.98. The summed E-state index contributed by atoms with van der Waals surface area (Å²) >= 11 is 3.07. The summed E-state index contributed by atoms with van der Waals surface area (Å²) in [6, 6.07) is 13.3. The standard InChI is InChI=1S/C20H20N2O3S2/c1-4-22-16-10-7-14(19(24)25-2)12-17(16)27-20(22)21-18(23)11-13-5-8-15(26-3)9-6-13/h5-10,12H,4,11H2,1-3H3. The molecule has 1 amide bonds. The van der Waals surface area contributed by atoms with Crippen molar-refractivity contribution in [2.24, 2.45) is 4.99 Å². The Balaban J connectivity index is 1.93. The lowest BCUT2D eigenvalue weighted by Gasteiger charge is -2.02. The fraction of sp³-hybridized carbons (Fsp3) is 0.250. The van der Waals surface area contributed by atoms with Crippen LogP contribution in [0.15, 0.2) is 52.4 Å². The largest absolute Gasteiger partial charge is 0.465 e. The summed E-state index contributed by atoms with van der Waals surface area (Å²) in [6.45, 7) is 2.69. The number of methoxy groups -OCH3 is 1. The van der Waals surface area contributed by atoms with Gasteiger partial charge in [-0.05, 0) is 49.1 Å². The maximum Gasteiger partial charge on any atom is 0.337 e. The minimum Gasteiger partial charge on any atom is -0.465 e. The number of nitrogens with zero attached hydrogens (tertiary/aromatic N) is 2. The van der Waals surface area contributed by atoms with Crippen molar-refractivity contribution in [3.05, 3.63) is 58.4 Å². The third-order valence-corrected chi connectivity index (χ3v) is 5.94. The molecule has 5 nitrogen and oxygen atoms in total. The summed E-state index contributed by atoms with van der Waals surface area (Å²) in [7, 11) is 1.36. The zero-order valence-electron chi connectivity index (χ0n) is 15.4. The number of aryl methyl sites for hydroxylation is 1. The van der Waals surface area contributed by atoms with Crippen molar-refractivity contribution in [1.29, 1.82) is 0 Å². The minimum absolute atomic E-state index is 0.186. The van der Waals surface area contributed by atoms with Crippen molar-refractivity contribution in [2.75, 3.05) is 13.4 Å². The molecule has 3 aromatic rings. The van der Waals surface area contributed by atoms with Crippen LogP contribution in [-0.2, 0) is 22.5 Å². The van der Waals surface area contributed by atoms with Crippen LogP contribution in [0, 0.1) is 0 Å². The Morgan fingerprint density at radius 2 is 1.93 bits per heavy atom. The third-order valence-electron chi connectivity index (χ3n) is 4.15. The lowest BCUT2D eigenvalue weighted by atomic mass is 10.1. The molecule has 0 saturated heterocycles. The summed E-state index contributed by atoms with van der Waals surface area (Å²) in [5.41, 5.74) is 2.38. The molecule has 0 aliphatic carbocycles.